The molecule has 1 aliphatic carbocycles. The van der Waals surface area contributed by atoms with Crippen LogP contribution < -0.4 is 0 Å². The van der Waals surface area contributed by atoms with Crippen molar-refractivity contribution in [3.63, 3.8) is 0 Å². The summed E-state index contributed by atoms with van der Waals surface area (Å²) >= 11 is 0. The first kappa shape index (κ1) is 16.2. The van der Waals surface area contributed by atoms with Crippen LogP contribution in [0, 0.1) is 0 Å². The van der Waals surface area contributed by atoms with E-state index in [1.54, 1.807) is 30.3 Å². The Hall–Kier alpha value is -2.18. The number of rotatable bonds is 2. The van der Waals surface area contributed by atoms with Crippen molar-refractivity contribution in [2.24, 2.45) is 4.99 Å². The molecule has 7 heteroatoms. The monoisotopic (exact) mass is 313 g/mol. The summed E-state index contributed by atoms with van der Waals surface area (Å²) in [5, 5.41) is 0. The molecule has 0 saturated heterocycles. The molecule has 0 bridgehead atoms. The lowest BCUT2D eigenvalue weighted by atomic mass is 9.95. The largest absolute Gasteiger partial charge is 0.473 e. The van der Waals surface area contributed by atoms with Gasteiger partial charge in [0.05, 0.1) is 11.3 Å². The Morgan fingerprint density at radius 1 is 1.14 bits per heavy atom. The lowest BCUT2D eigenvalue weighted by Crippen LogP contribution is -2.33. The highest BCUT2D eigenvalue weighted by Crippen LogP contribution is 2.23. The van der Waals surface area contributed by atoms with Crippen LogP contribution in [0.3, 0.4) is 0 Å². The Morgan fingerprint density at radius 3 is 2.45 bits per heavy atom. The predicted octanol–water partition coefficient (Wildman–Crippen LogP) is 3.32. The number of amides is 1. The Kier molecular flexibility index (Phi) is 4.95. The average Bonchev–Trinajstić information content (AvgIpc) is 2.49. The van der Waals surface area contributed by atoms with Gasteiger partial charge in [0, 0.05) is 0 Å². The number of hydrogen-bond acceptors (Lipinski definition) is 3. The van der Waals surface area contributed by atoms with E-state index in [1.807, 2.05) is 0 Å². The minimum atomic E-state index is -5.02. The van der Waals surface area contributed by atoms with Crippen LogP contribution in [-0.4, -0.2) is 29.9 Å². The maximum Gasteiger partial charge on any atom is 0.473 e. The topological polar surface area (TPSA) is 55.7 Å². The second-order valence-electron chi connectivity index (χ2n) is 4.91. The summed E-state index contributed by atoms with van der Waals surface area (Å²) in [6.07, 6.45) is -4.00. The molecule has 0 radical (unpaired) electrons. The fraction of sp³-hybridized carbons (Fsp3) is 0.400. The summed E-state index contributed by atoms with van der Waals surface area (Å²) in [6, 6.07) is 8.12. The molecule has 0 aliphatic heterocycles. The normalized spacial score (nSPS) is 20.7. The third-order valence-corrected chi connectivity index (χ3v) is 3.27. The predicted molar refractivity (Wildman–Crippen MR) is 72.6 cm³/mol. The zero-order valence-corrected chi connectivity index (χ0v) is 11.6. The van der Waals surface area contributed by atoms with E-state index in [0.717, 1.165) is 0 Å². The zero-order chi connectivity index (χ0) is 16.2. The van der Waals surface area contributed by atoms with Crippen molar-refractivity contribution in [1.29, 1.82) is 0 Å². The fourth-order valence-electron chi connectivity index (χ4n) is 2.18. The number of ether oxygens (including phenoxy) is 1. The van der Waals surface area contributed by atoms with Gasteiger partial charge < -0.3 is 4.74 Å². The maximum atomic E-state index is 12.3. The lowest BCUT2D eigenvalue weighted by Gasteiger charge is -2.24. The summed E-state index contributed by atoms with van der Waals surface area (Å²) in [6.45, 7) is 0. The molecule has 4 nitrogen and oxygen atoms in total. The van der Waals surface area contributed by atoms with Gasteiger partial charge in [-0.25, -0.2) is 9.79 Å². The zero-order valence-electron chi connectivity index (χ0n) is 11.6. The van der Waals surface area contributed by atoms with Crippen molar-refractivity contribution in [2.45, 2.75) is 38.0 Å². The molecule has 1 atom stereocenters. The third kappa shape index (κ3) is 4.16. The van der Waals surface area contributed by atoms with E-state index < -0.39 is 24.2 Å². The van der Waals surface area contributed by atoms with Gasteiger partial charge in [0.1, 0.15) is 6.10 Å². The molecule has 1 fully saturated rings. The standard InChI is InChI=1S/C15H14F3NO3/c16-15(17,18)14(21)19-11-8-4-5-9-12(11)22-13(20)10-6-2-1-3-7-10/h1-3,6-7,12H,4-5,8-9H2. The van der Waals surface area contributed by atoms with Gasteiger partial charge in [-0.15, -0.1) is 0 Å². The van der Waals surface area contributed by atoms with Crippen LogP contribution in [0.1, 0.15) is 36.0 Å². The van der Waals surface area contributed by atoms with E-state index >= 15 is 0 Å². The Morgan fingerprint density at radius 2 is 1.82 bits per heavy atom. The molecule has 2 rings (SSSR count). The Bertz CT molecular complexity index is 581. The maximum absolute atomic E-state index is 12.3. The molecule has 22 heavy (non-hydrogen) atoms. The van der Waals surface area contributed by atoms with Crippen molar-refractivity contribution in [1.82, 2.24) is 0 Å². The van der Waals surface area contributed by atoms with Gasteiger partial charge in [-0.1, -0.05) is 18.2 Å². The van der Waals surface area contributed by atoms with Gasteiger partial charge in [-0.3, -0.25) is 4.79 Å². The number of benzene rings is 1. The second kappa shape index (κ2) is 6.72. The quantitative estimate of drug-likeness (QED) is 0.787. The van der Waals surface area contributed by atoms with E-state index in [4.69, 9.17) is 4.74 Å². The van der Waals surface area contributed by atoms with Crippen LogP contribution in [0.4, 0.5) is 13.2 Å². The van der Waals surface area contributed by atoms with Gasteiger partial charge >= 0.3 is 18.1 Å². The van der Waals surface area contributed by atoms with Gasteiger partial charge in [-0.2, -0.15) is 13.2 Å². The summed E-state index contributed by atoms with van der Waals surface area (Å²) < 4.78 is 42.1. The highest BCUT2D eigenvalue weighted by molar-refractivity contribution is 6.01. The first-order valence-corrected chi connectivity index (χ1v) is 6.82. The van der Waals surface area contributed by atoms with Crippen molar-refractivity contribution < 1.29 is 27.5 Å². The van der Waals surface area contributed by atoms with E-state index in [2.05, 4.69) is 4.99 Å². The molecule has 1 unspecified atom stereocenters. The minimum Gasteiger partial charge on any atom is -0.453 e. The number of halogens is 3. The summed E-state index contributed by atoms with van der Waals surface area (Å²) in [5.74, 6) is -2.80. The number of carbonyl (C=O) groups excluding carboxylic acids is 2. The number of esters is 1. The molecule has 0 spiro atoms. The molecular formula is C15H14F3NO3. The van der Waals surface area contributed by atoms with E-state index in [1.165, 1.54) is 0 Å². The molecule has 118 valence electrons. The number of nitrogens with zero attached hydrogens (tertiary/aromatic N) is 1. The Balaban J connectivity index is 2.12. The molecule has 0 aromatic heterocycles. The summed E-state index contributed by atoms with van der Waals surface area (Å²) in [5.41, 5.74) is 0.285. The van der Waals surface area contributed by atoms with Crippen molar-refractivity contribution in [3.05, 3.63) is 35.9 Å². The summed E-state index contributed by atoms with van der Waals surface area (Å²) in [7, 11) is 0. The van der Waals surface area contributed by atoms with E-state index in [0.29, 0.717) is 24.8 Å². The van der Waals surface area contributed by atoms with Crippen molar-refractivity contribution in [2.75, 3.05) is 0 Å². The molecule has 1 aromatic rings. The van der Waals surface area contributed by atoms with Gasteiger partial charge in [-0.05, 0) is 37.8 Å². The second-order valence-corrected chi connectivity index (χ2v) is 4.91. The first-order valence-electron chi connectivity index (χ1n) is 6.82. The van der Waals surface area contributed by atoms with Crippen LogP contribution in [0.15, 0.2) is 35.3 Å². The van der Waals surface area contributed by atoms with Crippen LogP contribution >= 0.6 is 0 Å². The Labute approximate surface area is 125 Å². The van der Waals surface area contributed by atoms with Crippen LogP contribution in [-0.2, 0) is 9.53 Å². The lowest BCUT2D eigenvalue weighted by molar-refractivity contribution is -0.169. The van der Waals surface area contributed by atoms with E-state index in [-0.39, 0.29) is 12.1 Å². The number of aliphatic imine (C=N–C) groups is 1. The minimum absolute atomic E-state index is 0.0159. The fourth-order valence-corrected chi connectivity index (χ4v) is 2.18. The van der Waals surface area contributed by atoms with E-state index in [9.17, 15) is 22.8 Å². The molecule has 0 N–H and O–H groups in total. The highest BCUT2D eigenvalue weighted by Gasteiger charge is 2.39. The summed E-state index contributed by atoms with van der Waals surface area (Å²) in [4.78, 5) is 26.0. The third-order valence-electron chi connectivity index (χ3n) is 3.27. The van der Waals surface area contributed by atoms with Gasteiger partial charge in [0.2, 0.25) is 0 Å². The average molecular weight is 313 g/mol. The highest BCUT2D eigenvalue weighted by atomic mass is 19.4. The number of carbonyl (C=O) groups is 2. The molecule has 1 saturated carbocycles. The SMILES string of the molecule is O=C(OC1CCCCC1=NC(=O)C(F)(F)F)c1ccccc1. The van der Waals surface area contributed by atoms with Crippen molar-refractivity contribution >= 4 is 17.6 Å². The van der Waals surface area contributed by atoms with Gasteiger partial charge in [0.25, 0.3) is 0 Å². The van der Waals surface area contributed by atoms with Crippen LogP contribution in [0.2, 0.25) is 0 Å². The first-order chi connectivity index (χ1) is 10.4. The number of hydrogen-bond donors (Lipinski definition) is 0. The molecule has 0 heterocycles. The van der Waals surface area contributed by atoms with Crippen LogP contribution in [0.25, 0.3) is 0 Å². The molecule has 1 amide bonds. The molecule has 1 aromatic carbocycles. The number of alkyl halides is 3. The molecule has 1 aliphatic rings. The smallest absolute Gasteiger partial charge is 0.453 e. The van der Waals surface area contributed by atoms with Gasteiger partial charge in [0.15, 0.2) is 0 Å². The molecular weight excluding hydrogens is 299 g/mol. The van der Waals surface area contributed by atoms with Crippen molar-refractivity contribution in [3.8, 4) is 0 Å². The van der Waals surface area contributed by atoms with Crippen LogP contribution in [0.5, 0.6) is 0 Å².